The summed E-state index contributed by atoms with van der Waals surface area (Å²) >= 11 is 0. The lowest BCUT2D eigenvalue weighted by atomic mass is 10.2. The molecular formula is C16H16ClN5O. The van der Waals surface area contributed by atoms with Crippen molar-refractivity contribution in [1.29, 1.82) is 0 Å². The van der Waals surface area contributed by atoms with Gasteiger partial charge in [0, 0.05) is 24.0 Å². The van der Waals surface area contributed by atoms with Gasteiger partial charge in [0.25, 0.3) is 5.91 Å². The van der Waals surface area contributed by atoms with Crippen LogP contribution in [0, 0.1) is 6.92 Å². The summed E-state index contributed by atoms with van der Waals surface area (Å²) in [4.78, 5) is 19.9. The first kappa shape index (κ1) is 16.5. The largest absolute Gasteiger partial charge is 0.370 e. The van der Waals surface area contributed by atoms with E-state index in [-0.39, 0.29) is 18.4 Å². The molecule has 118 valence electrons. The Morgan fingerprint density at radius 3 is 2.70 bits per heavy atom. The first-order valence-electron chi connectivity index (χ1n) is 6.73. The van der Waals surface area contributed by atoms with E-state index in [1.165, 1.54) is 0 Å². The Hall–Kier alpha value is -2.86. The average molecular weight is 330 g/mol. The number of aliphatic imine (C=N–C) groups is 1. The summed E-state index contributed by atoms with van der Waals surface area (Å²) in [7, 11) is 0. The van der Waals surface area contributed by atoms with Crippen LogP contribution in [0.15, 0.2) is 53.9 Å². The number of guanidine groups is 1. The standard InChI is InChI=1S/C16H15N5O.ClH/c1-10-8-21(9-12(10)15(22)20-16(17)18)14-6-2-5-13-11(14)4-3-7-19-13;/h2-9H,1H3,(H4,17,18,20,22);1H. The molecular weight excluding hydrogens is 314 g/mol. The molecule has 1 aromatic carbocycles. The molecule has 0 aliphatic rings. The Kier molecular flexibility index (Phi) is 4.66. The highest BCUT2D eigenvalue weighted by Gasteiger charge is 2.13. The third-order valence-electron chi connectivity index (χ3n) is 3.39. The number of aromatic nitrogens is 2. The number of benzene rings is 1. The molecule has 7 heteroatoms. The monoisotopic (exact) mass is 329 g/mol. The highest BCUT2D eigenvalue weighted by Crippen LogP contribution is 2.23. The lowest BCUT2D eigenvalue weighted by molar-refractivity contribution is 0.100. The zero-order chi connectivity index (χ0) is 15.7. The Morgan fingerprint density at radius 1 is 1.17 bits per heavy atom. The Morgan fingerprint density at radius 2 is 1.96 bits per heavy atom. The quantitative estimate of drug-likeness (QED) is 0.556. The van der Waals surface area contributed by atoms with Crippen molar-refractivity contribution in [2.75, 3.05) is 0 Å². The molecule has 3 rings (SSSR count). The number of carbonyl (C=O) groups is 1. The molecule has 0 radical (unpaired) electrons. The number of amides is 1. The van der Waals surface area contributed by atoms with E-state index >= 15 is 0 Å². The smallest absolute Gasteiger partial charge is 0.281 e. The second-order valence-corrected chi connectivity index (χ2v) is 4.95. The minimum Gasteiger partial charge on any atom is -0.370 e. The maximum absolute atomic E-state index is 12.0. The number of nitrogens with zero attached hydrogens (tertiary/aromatic N) is 3. The molecule has 0 aliphatic heterocycles. The van der Waals surface area contributed by atoms with Gasteiger partial charge in [-0.3, -0.25) is 9.78 Å². The van der Waals surface area contributed by atoms with E-state index in [2.05, 4.69) is 9.98 Å². The van der Waals surface area contributed by atoms with Crippen LogP contribution in [0.3, 0.4) is 0 Å². The Labute approximate surface area is 139 Å². The molecule has 0 saturated carbocycles. The molecule has 0 aliphatic carbocycles. The highest BCUT2D eigenvalue weighted by atomic mass is 35.5. The van der Waals surface area contributed by atoms with Crippen LogP contribution >= 0.6 is 12.4 Å². The molecule has 2 aromatic heterocycles. The fraction of sp³-hybridized carbons (Fsp3) is 0.0625. The molecule has 0 fully saturated rings. The minimum atomic E-state index is -0.449. The predicted octanol–water partition coefficient (Wildman–Crippen LogP) is 2.17. The Balaban J connectivity index is 0.00000192. The number of pyridine rings is 1. The fourth-order valence-corrected chi connectivity index (χ4v) is 2.41. The van der Waals surface area contributed by atoms with Crippen LogP contribution in [-0.4, -0.2) is 21.4 Å². The fourth-order valence-electron chi connectivity index (χ4n) is 2.41. The van der Waals surface area contributed by atoms with Gasteiger partial charge >= 0.3 is 0 Å². The molecule has 2 heterocycles. The van der Waals surface area contributed by atoms with Gasteiger partial charge in [-0.1, -0.05) is 6.07 Å². The van der Waals surface area contributed by atoms with Gasteiger partial charge in [0.2, 0.25) is 0 Å². The van der Waals surface area contributed by atoms with Gasteiger partial charge in [-0.25, -0.2) is 0 Å². The van der Waals surface area contributed by atoms with E-state index in [0.29, 0.717) is 5.56 Å². The second kappa shape index (κ2) is 6.50. The lowest BCUT2D eigenvalue weighted by Crippen LogP contribution is -2.24. The third-order valence-corrected chi connectivity index (χ3v) is 3.39. The number of hydrogen-bond acceptors (Lipinski definition) is 2. The van der Waals surface area contributed by atoms with Gasteiger partial charge < -0.3 is 16.0 Å². The molecule has 0 spiro atoms. The first-order chi connectivity index (χ1) is 10.6. The summed E-state index contributed by atoms with van der Waals surface area (Å²) in [5, 5.41) is 1.00. The predicted molar refractivity (Wildman–Crippen MR) is 93.2 cm³/mol. The Bertz CT molecular complexity index is 891. The zero-order valence-corrected chi connectivity index (χ0v) is 13.2. The normalized spacial score (nSPS) is 10.1. The van der Waals surface area contributed by atoms with Crippen molar-refractivity contribution in [3.8, 4) is 5.69 Å². The number of rotatable bonds is 2. The van der Waals surface area contributed by atoms with Gasteiger partial charge in [-0.15, -0.1) is 12.4 Å². The maximum atomic E-state index is 12.0. The van der Waals surface area contributed by atoms with Crippen molar-refractivity contribution >= 4 is 35.2 Å². The van der Waals surface area contributed by atoms with Crippen molar-refractivity contribution < 1.29 is 4.79 Å². The van der Waals surface area contributed by atoms with E-state index in [9.17, 15) is 4.79 Å². The SMILES string of the molecule is Cc1cn(-c2cccc3ncccc23)cc1C(=O)N=C(N)N.Cl. The van der Waals surface area contributed by atoms with Crippen molar-refractivity contribution in [2.24, 2.45) is 16.5 Å². The number of hydrogen-bond donors (Lipinski definition) is 2. The van der Waals surface area contributed by atoms with E-state index < -0.39 is 5.91 Å². The number of aryl methyl sites for hydroxylation is 1. The second-order valence-electron chi connectivity index (χ2n) is 4.95. The van der Waals surface area contributed by atoms with Crippen molar-refractivity contribution in [3.63, 3.8) is 0 Å². The number of nitrogens with two attached hydrogens (primary N) is 2. The average Bonchev–Trinajstić information content (AvgIpc) is 2.88. The molecule has 23 heavy (non-hydrogen) atoms. The summed E-state index contributed by atoms with van der Waals surface area (Å²) < 4.78 is 1.88. The number of halogens is 1. The van der Waals surface area contributed by atoms with Crippen molar-refractivity contribution in [1.82, 2.24) is 9.55 Å². The van der Waals surface area contributed by atoms with E-state index in [0.717, 1.165) is 22.2 Å². The molecule has 0 bridgehead atoms. The van der Waals surface area contributed by atoms with E-state index in [4.69, 9.17) is 11.5 Å². The molecule has 3 aromatic rings. The molecule has 1 amide bonds. The van der Waals surface area contributed by atoms with Crippen LogP contribution < -0.4 is 11.5 Å². The van der Waals surface area contributed by atoms with Crippen LogP contribution in [-0.2, 0) is 0 Å². The first-order valence-corrected chi connectivity index (χ1v) is 6.73. The van der Waals surface area contributed by atoms with Gasteiger partial charge in [0.05, 0.1) is 16.8 Å². The van der Waals surface area contributed by atoms with E-state index in [1.54, 1.807) is 12.4 Å². The summed E-state index contributed by atoms with van der Waals surface area (Å²) in [6.07, 6.45) is 5.35. The van der Waals surface area contributed by atoms with Crippen LogP contribution in [0.25, 0.3) is 16.6 Å². The van der Waals surface area contributed by atoms with Crippen LogP contribution in [0.2, 0.25) is 0 Å². The van der Waals surface area contributed by atoms with Gasteiger partial charge in [0.1, 0.15) is 0 Å². The van der Waals surface area contributed by atoms with Crippen LogP contribution in [0.1, 0.15) is 15.9 Å². The van der Waals surface area contributed by atoms with Gasteiger partial charge in [-0.05, 0) is 36.8 Å². The maximum Gasteiger partial charge on any atom is 0.281 e. The molecule has 0 saturated heterocycles. The summed E-state index contributed by atoms with van der Waals surface area (Å²) in [6, 6.07) is 9.72. The molecule has 6 nitrogen and oxygen atoms in total. The molecule has 0 unspecified atom stereocenters. The summed E-state index contributed by atoms with van der Waals surface area (Å²) in [5.41, 5.74) is 13.6. The van der Waals surface area contributed by atoms with Crippen molar-refractivity contribution in [3.05, 3.63) is 60.0 Å². The highest BCUT2D eigenvalue weighted by molar-refractivity contribution is 6.03. The zero-order valence-electron chi connectivity index (χ0n) is 12.4. The van der Waals surface area contributed by atoms with Crippen LogP contribution in [0.5, 0.6) is 0 Å². The lowest BCUT2D eigenvalue weighted by Gasteiger charge is -2.06. The molecule has 4 N–H and O–H groups in total. The summed E-state index contributed by atoms with van der Waals surface area (Å²) in [6.45, 7) is 1.84. The van der Waals surface area contributed by atoms with Gasteiger partial charge in [-0.2, -0.15) is 4.99 Å². The van der Waals surface area contributed by atoms with Crippen LogP contribution in [0.4, 0.5) is 0 Å². The minimum absolute atomic E-state index is 0. The van der Waals surface area contributed by atoms with Crippen molar-refractivity contribution in [2.45, 2.75) is 6.92 Å². The molecule has 0 atom stereocenters. The number of fused-ring (bicyclic) bond motifs is 1. The van der Waals surface area contributed by atoms with Gasteiger partial charge in [0.15, 0.2) is 5.96 Å². The summed E-state index contributed by atoms with van der Waals surface area (Å²) in [5.74, 6) is -0.693. The topological polar surface area (TPSA) is 99.3 Å². The third kappa shape index (κ3) is 3.17. The van der Waals surface area contributed by atoms with E-state index in [1.807, 2.05) is 48.0 Å². The number of carbonyl (C=O) groups excluding carboxylic acids is 1.